The van der Waals surface area contributed by atoms with Crippen molar-refractivity contribution in [3.8, 4) is 0 Å². The third-order valence-corrected chi connectivity index (χ3v) is 8.05. The van der Waals surface area contributed by atoms with Crippen molar-refractivity contribution < 1.29 is 4.79 Å². The number of carbonyl (C=O) groups is 1. The second-order valence-electron chi connectivity index (χ2n) is 7.88. The van der Waals surface area contributed by atoms with E-state index in [0.29, 0.717) is 5.91 Å². The van der Waals surface area contributed by atoms with Crippen LogP contribution in [0.4, 0.5) is 11.5 Å². The van der Waals surface area contributed by atoms with Crippen molar-refractivity contribution >= 4 is 60.5 Å². The fourth-order valence-electron chi connectivity index (χ4n) is 4.37. The van der Waals surface area contributed by atoms with Crippen molar-refractivity contribution in [1.82, 2.24) is 19.9 Å². The molecule has 1 aromatic carbocycles. The van der Waals surface area contributed by atoms with Crippen LogP contribution >= 0.6 is 22.7 Å². The van der Waals surface area contributed by atoms with Gasteiger partial charge in [-0.2, -0.15) is 0 Å². The van der Waals surface area contributed by atoms with E-state index in [1.165, 1.54) is 21.8 Å². The van der Waals surface area contributed by atoms with Crippen LogP contribution in [0, 0.1) is 5.92 Å². The van der Waals surface area contributed by atoms with Gasteiger partial charge in [-0.05, 0) is 49.4 Å². The SMILES string of the molecule is O=C(C1CCc2c(sc3ncnc(Nc4ccc5[nH]c(=O)sc5c4)c23)C1)N1CCC1. The average Bonchev–Trinajstić information content (AvgIpc) is 3.25. The smallest absolute Gasteiger partial charge is 0.305 e. The number of aryl methyl sites for hydroxylation is 1. The van der Waals surface area contributed by atoms with Gasteiger partial charge in [-0.3, -0.25) is 9.59 Å². The van der Waals surface area contributed by atoms with Gasteiger partial charge in [0.1, 0.15) is 17.0 Å². The predicted octanol–water partition coefficient (Wildman–Crippen LogP) is 3.68. The van der Waals surface area contributed by atoms with E-state index >= 15 is 0 Å². The maximum atomic E-state index is 12.7. The van der Waals surface area contributed by atoms with E-state index in [-0.39, 0.29) is 10.8 Å². The number of thiazole rings is 1. The molecule has 0 radical (unpaired) electrons. The van der Waals surface area contributed by atoms with Crippen molar-refractivity contribution in [2.45, 2.75) is 25.7 Å². The molecule has 4 heterocycles. The van der Waals surface area contributed by atoms with E-state index in [1.807, 2.05) is 23.1 Å². The Labute approximate surface area is 179 Å². The van der Waals surface area contributed by atoms with Crippen molar-refractivity contribution in [1.29, 1.82) is 0 Å². The van der Waals surface area contributed by atoms with Crippen LogP contribution < -0.4 is 10.2 Å². The van der Waals surface area contributed by atoms with Crippen molar-refractivity contribution in [2.75, 3.05) is 18.4 Å². The number of nitrogens with one attached hydrogen (secondary N) is 2. The number of amides is 1. The molecule has 1 aliphatic heterocycles. The lowest BCUT2D eigenvalue weighted by Crippen LogP contribution is -2.46. The van der Waals surface area contributed by atoms with Gasteiger partial charge in [0.15, 0.2) is 0 Å². The summed E-state index contributed by atoms with van der Waals surface area (Å²) in [7, 11) is 0. The second kappa shape index (κ2) is 6.88. The molecule has 7 nitrogen and oxygen atoms in total. The number of hydrogen-bond donors (Lipinski definition) is 2. The molecule has 2 N–H and O–H groups in total. The van der Waals surface area contributed by atoms with E-state index < -0.39 is 0 Å². The number of carbonyl (C=O) groups excluding carboxylic acids is 1. The summed E-state index contributed by atoms with van der Waals surface area (Å²) >= 11 is 2.88. The Balaban J connectivity index is 1.34. The molecule has 0 saturated carbocycles. The molecule has 4 aromatic rings. The first-order chi connectivity index (χ1) is 14.7. The Morgan fingerprint density at radius 1 is 1.23 bits per heavy atom. The number of thiophene rings is 1. The highest BCUT2D eigenvalue weighted by Gasteiger charge is 2.33. The third kappa shape index (κ3) is 2.92. The topological polar surface area (TPSA) is 91.0 Å². The number of anilines is 2. The zero-order chi connectivity index (χ0) is 20.2. The van der Waals surface area contributed by atoms with Crippen molar-refractivity contribution in [2.24, 2.45) is 5.92 Å². The summed E-state index contributed by atoms with van der Waals surface area (Å²) in [6.45, 7) is 1.82. The Morgan fingerprint density at radius 2 is 2.13 bits per heavy atom. The first-order valence-electron chi connectivity index (χ1n) is 10.1. The number of aromatic amines is 1. The lowest BCUT2D eigenvalue weighted by molar-refractivity contribution is -0.139. The molecule has 1 fully saturated rings. The van der Waals surface area contributed by atoms with Gasteiger partial charge in [-0.25, -0.2) is 9.97 Å². The minimum atomic E-state index is -0.0548. The summed E-state index contributed by atoms with van der Waals surface area (Å²) in [5, 5.41) is 4.49. The maximum absolute atomic E-state index is 12.7. The lowest BCUT2D eigenvalue weighted by atomic mass is 9.86. The summed E-state index contributed by atoms with van der Waals surface area (Å²) in [6.07, 6.45) is 5.27. The zero-order valence-electron chi connectivity index (χ0n) is 16.1. The van der Waals surface area contributed by atoms with Gasteiger partial charge in [0, 0.05) is 29.6 Å². The number of fused-ring (bicyclic) bond motifs is 4. The van der Waals surface area contributed by atoms with E-state index in [4.69, 9.17) is 0 Å². The minimum absolute atomic E-state index is 0.0548. The highest BCUT2D eigenvalue weighted by Crippen LogP contribution is 2.41. The lowest BCUT2D eigenvalue weighted by Gasteiger charge is -2.35. The van der Waals surface area contributed by atoms with Gasteiger partial charge in [0.05, 0.1) is 15.6 Å². The van der Waals surface area contributed by atoms with Crippen LogP contribution in [-0.4, -0.2) is 38.8 Å². The normalized spacial score (nSPS) is 18.4. The fourth-order valence-corrected chi connectivity index (χ4v) is 6.41. The molecule has 30 heavy (non-hydrogen) atoms. The van der Waals surface area contributed by atoms with Gasteiger partial charge in [-0.1, -0.05) is 11.3 Å². The molecule has 1 atom stereocenters. The summed E-state index contributed by atoms with van der Waals surface area (Å²) in [4.78, 5) is 40.3. The first kappa shape index (κ1) is 18.0. The monoisotopic (exact) mass is 437 g/mol. The second-order valence-corrected chi connectivity index (χ2v) is 9.97. The zero-order valence-corrected chi connectivity index (χ0v) is 17.7. The predicted molar refractivity (Wildman–Crippen MR) is 120 cm³/mol. The summed E-state index contributed by atoms with van der Waals surface area (Å²) < 4.78 is 0.912. The Morgan fingerprint density at radius 3 is 2.97 bits per heavy atom. The number of benzene rings is 1. The quantitative estimate of drug-likeness (QED) is 0.510. The van der Waals surface area contributed by atoms with Crippen LogP contribution in [0.1, 0.15) is 23.3 Å². The van der Waals surface area contributed by atoms with E-state index in [0.717, 1.165) is 70.7 Å². The molecule has 0 spiro atoms. The first-order valence-corrected chi connectivity index (χ1v) is 11.7. The molecular weight excluding hydrogens is 418 g/mol. The number of nitrogens with zero attached hydrogens (tertiary/aromatic N) is 3. The average molecular weight is 438 g/mol. The van der Waals surface area contributed by atoms with E-state index in [1.54, 1.807) is 17.7 Å². The van der Waals surface area contributed by atoms with Gasteiger partial charge < -0.3 is 15.2 Å². The highest BCUT2D eigenvalue weighted by atomic mass is 32.1. The Hall–Kier alpha value is -2.78. The number of likely N-dealkylation sites (tertiary alicyclic amines) is 1. The van der Waals surface area contributed by atoms with Crippen LogP contribution in [0.25, 0.3) is 20.4 Å². The van der Waals surface area contributed by atoms with Gasteiger partial charge in [0.25, 0.3) is 0 Å². The van der Waals surface area contributed by atoms with Crippen LogP contribution in [-0.2, 0) is 17.6 Å². The standard InChI is InChI=1S/C21H19N5O2S2/c27-20(26-6-1-7-26)11-2-4-13-15(8-11)29-19-17(13)18(22-10-23-19)24-12-3-5-14-16(9-12)30-21(28)25-14/h3,5,9-11H,1-2,4,6-8H2,(H,25,28)(H,22,23,24). The van der Waals surface area contributed by atoms with Gasteiger partial charge >= 0.3 is 4.87 Å². The maximum Gasteiger partial charge on any atom is 0.305 e. The minimum Gasteiger partial charge on any atom is -0.342 e. The van der Waals surface area contributed by atoms with Crippen molar-refractivity contribution in [3.63, 3.8) is 0 Å². The number of H-pyrrole nitrogens is 1. The molecule has 1 unspecified atom stereocenters. The number of aromatic nitrogens is 3. The molecule has 0 bridgehead atoms. The summed E-state index contributed by atoms with van der Waals surface area (Å²) in [5.74, 6) is 1.19. The Kier molecular flexibility index (Phi) is 4.14. The molecule has 6 rings (SSSR count). The van der Waals surface area contributed by atoms with Crippen LogP contribution in [0.15, 0.2) is 29.3 Å². The number of hydrogen-bond acceptors (Lipinski definition) is 7. The fraction of sp³-hybridized carbons (Fsp3) is 0.333. The Bertz CT molecular complexity index is 1350. The van der Waals surface area contributed by atoms with Crippen molar-refractivity contribution in [3.05, 3.63) is 44.6 Å². The summed E-state index contributed by atoms with van der Waals surface area (Å²) in [6, 6.07) is 5.81. The van der Waals surface area contributed by atoms with Crippen LogP contribution in [0.2, 0.25) is 0 Å². The third-order valence-electron chi connectivity index (χ3n) is 6.05. The molecule has 9 heteroatoms. The van der Waals surface area contributed by atoms with Crippen LogP contribution in [0.3, 0.4) is 0 Å². The van der Waals surface area contributed by atoms with E-state index in [2.05, 4.69) is 20.3 Å². The van der Waals surface area contributed by atoms with Gasteiger partial charge in [-0.15, -0.1) is 11.3 Å². The molecule has 1 aliphatic carbocycles. The largest absolute Gasteiger partial charge is 0.342 e. The molecule has 1 amide bonds. The molecular formula is C21H19N5O2S2. The summed E-state index contributed by atoms with van der Waals surface area (Å²) in [5.41, 5.74) is 3.01. The number of rotatable bonds is 3. The molecule has 2 aliphatic rings. The molecule has 3 aromatic heterocycles. The molecule has 1 saturated heterocycles. The highest BCUT2D eigenvalue weighted by molar-refractivity contribution is 7.19. The van der Waals surface area contributed by atoms with Crippen LogP contribution in [0.5, 0.6) is 0 Å². The van der Waals surface area contributed by atoms with E-state index in [9.17, 15) is 9.59 Å². The van der Waals surface area contributed by atoms with Gasteiger partial charge in [0.2, 0.25) is 5.91 Å². The molecule has 152 valence electrons.